The van der Waals surface area contributed by atoms with Crippen molar-refractivity contribution in [3.05, 3.63) is 146 Å². The molecule has 1 unspecified atom stereocenters. The van der Waals surface area contributed by atoms with Crippen molar-refractivity contribution in [2.45, 2.75) is 207 Å². The molecule has 6 heteroatoms. The molecule has 0 fully saturated rings. The molecule has 0 aliphatic carbocycles. The second-order valence-electron chi connectivity index (χ2n) is 16.8. The van der Waals surface area contributed by atoms with Gasteiger partial charge in [-0.05, 0) is 109 Å². The largest absolute Gasteiger partial charge is 0.462 e. The number of unbranched alkanes of at least 4 members (excludes halogenated alkanes) is 14. The Morgan fingerprint density at radius 1 is 0.328 bits per heavy atom. The van der Waals surface area contributed by atoms with Gasteiger partial charge in [0.05, 0.1) is 0 Å². The van der Waals surface area contributed by atoms with E-state index < -0.39 is 6.10 Å². The van der Waals surface area contributed by atoms with Crippen molar-refractivity contribution in [1.82, 2.24) is 0 Å². The second-order valence-corrected chi connectivity index (χ2v) is 16.8. The van der Waals surface area contributed by atoms with E-state index in [9.17, 15) is 14.4 Å². The van der Waals surface area contributed by atoms with E-state index in [0.717, 1.165) is 135 Å². The molecule has 0 heterocycles. The van der Waals surface area contributed by atoms with E-state index in [1.165, 1.54) is 19.3 Å². The normalized spacial score (nSPS) is 13.3. The molecule has 1 atom stereocenters. The summed E-state index contributed by atoms with van der Waals surface area (Å²) < 4.78 is 16.7. The molecule has 0 N–H and O–H groups in total. The summed E-state index contributed by atoms with van der Waals surface area (Å²) >= 11 is 0. The zero-order valence-corrected chi connectivity index (χ0v) is 42.6. The molecular weight excluding hydrogens is 829 g/mol. The van der Waals surface area contributed by atoms with Gasteiger partial charge in [-0.1, -0.05) is 218 Å². The van der Waals surface area contributed by atoms with Gasteiger partial charge >= 0.3 is 17.9 Å². The fourth-order valence-electron chi connectivity index (χ4n) is 6.53. The van der Waals surface area contributed by atoms with Gasteiger partial charge in [0.1, 0.15) is 13.2 Å². The molecule has 0 aliphatic heterocycles. The Morgan fingerprint density at radius 3 is 1.07 bits per heavy atom. The van der Waals surface area contributed by atoms with Crippen LogP contribution in [-0.2, 0) is 28.6 Å². The maximum atomic E-state index is 12.8. The Hall–Kier alpha value is -4.71. The minimum Gasteiger partial charge on any atom is -0.462 e. The van der Waals surface area contributed by atoms with Crippen molar-refractivity contribution in [2.75, 3.05) is 13.2 Å². The average Bonchev–Trinajstić information content (AvgIpc) is 3.33. The van der Waals surface area contributed by atoms with E-state index in [4.69, 9.17) is 14.2 Å². The van der Waals surface area contributed by atoms with Crippen LogP contribution < -0.4 is 0 Å². The van der Waals surface area contributed by atoms with Crippen LogP contribution in [0, 0.1) is 0 Å². The number of carbonyl (C=O) groups is 3. The lowest BCUT2D eigenvalue weighted by atomic mass is 10.1. The van der Waals surface area contributed by atoms with Crippen molar-refractivity contribution < 1.29 is 28.6 Å². The maximum Gasteiger partial charge on any atom is 0.306 e. The van der Waals surface area contributed by atoms with Crippen molar-refractivity contribution >= 4 is 17.9 Å². The number of allylic oxidation sites excluding steroid dienone is 24. The zero-order chi connectivity index (χ0) is 48.6. The van der Waals surface area contributed by atoms with Crippen LogP contribution in [0.2, 0.25) is 0 Å². The summed E-state index contributed by atoms with van der Waals surface area (Å²) in [5.74, 6) is -1.00. The minimum atomic E-state index is -0.820. The lowest BCUT2D eigenvalue weighted by Crippen LogP contribution is -2.30. The van der Waals surface area contributed by atoms with Crippen LogP contribution in [0.25, 0.3) is 0 Å². The van der Waals surface area contributed by atoms with Crippen LogP contribution in [-0.4, -0.2) is 37.2 Å². The fourth-order valence-corrected chi connectivity index (χ4v) is 6.53. The molecule has 374 valence electrons. The summed E-state index contributed by atoms with van der Waals surface area (Å²) in [6.45, 7) is 6.23. The third-order valence-corrected chi connectivity index (χ3v) is 10.4. The quantitative estimate of drug-likeness (QED) is 0.0199. The molecule has 67 heavy (non-hydrogen) atoms. The van der Waals surface area contributed by atoms with Crippen molar-refractivity contribution in [3.8, 4) is 0 Å². The number of hydrogen-bond donors (Lipinski definition) is 0. The van der Waals surface area contributed by atoms with Crippen LogP contribution in [0.3, 0.4) is 0 Å². The Labute approximate surface area is 410 Å². The van der Waals surface area contributed by atoms with Gasteiger partial charge in [-0.3, -0.25) is 14.4 Å². The van der Waals surface area contributed by atoms with Crippen molar-refractivity contribution in [1.29, 1.82) is 0 Å². The Balaban J connectivity index is 4.53. The zero-order valence-electron chi connectivity index (χ0n) is 42.6. The average molecular weight is 923 g/mol. The van der Waals surface area contributed by atoms with Gasteiger partial charge in [0.25, 0.3) is 0 Å². The molecule has 0 aliphatic rings. The molecule has 0 spiro atoms. The standard InChI is InChI=1S/C61H94O6/c1-4-7-10-13-16-19-22-25-27-29-31-33-34-36-39-42-45-48-51-54-60(63)66-57-58(56-65-59(62)53-50-47-44-41-38-24-21-18-15-12-9-6-3)67-61(64)55-52-49-46-43-40-37-35-32-30-28-26-23-20-17-14-11-8-5-2/h7,9-12,14,16-21,23,25-28,30-33,35,38,41,58H,4-6,8,13,15,22,24,29,34,36-37,39-40,42-57H2,1-3H3/b10-7-,12-9-,14-11-,19-16-,20-17-,21-18-,26-23-,27-25-,30-28-,33-31-,35-32-,41-38-. The van der Waals surface area contributed by atoms with E-state index in [2.05, 4.69) is 130 Å². The summed E-state index contributed by atoms with van der Waals surface area (Å²) in [6, 6.07) is 0. The molecule has 0 aromatic heterocycles. The van der Waals surface area contributed by atoms with Gasteiger partial charge in [-0.2, -0.15) is 0 Å². The molecular formula is C61H94O6. The summed E-state index contributed by atoms with van der Waals surface area (Å²) in [5.41, 5.74) is 0. The summed E-state index contributed by atoms with van der Waals surface area (Å²) in [4.78, 5) is 38.0. The minimum absolute atomic E-state index is 0.115. The lowest BCUT2D eigenvalue weighted by molar-refractivity contribution is -0.167. The van der Waals surface area contributed by atoms with Gasteiger partial charge in [-0.25, -0.2) is 0 Å². The smallest absolute Gasteiger partial charge is 0.306 e. The highest BCUT2D eigenvalue weighted by molar-refractivity contribution is 5.71. The van der Waals surface area contributed by atoms with Gasteiger partial charge < -0.3 is 14.2 Å². The number of esters is 3. The van der Waals surface area contributed by atoms with E-state index in [1.807, 2.05) is 36.5 Å². The fraction of sp³-hybridized carbons (Fsp3) is 0.557. The van der Waals surface area contributed by atoms with Crippen LogP contribution in [0.5, 0.6) is 0 Å². The first-order valence-corrected chi connectivity index (χ1v) is 26.4. The predicted octanol–water partition coefficient (Wildman–Crippen LogP) is 17.6. The highest BCUT2D eigenvalue weighted by Crippen LogP contribution is 2.13. The SMILES string of the molecule is CC/C=C\C/C=C\C/C=C\C/C=C\CCCCCCCCC(=O)OCC(COC(=O)CCCC/C=C\C/C=C\C/C=C\CC)OC(=O)CCCCCCC\C=C/C=C\C=C/C=C\C=C/CCC. The molecule has 6 nitrogen and oxygen atoms in total. The highest BCUT2D eigenvalue weighted by Gasteiger charge is 2.19. The van der Waals surface area contributed by atoms with E-state index in [0.29, 0.717) is 19.3 Å². The third-order valence-electron chi connectivity index (χ3n) is 10.4. The highest BCUT2D eigenvalue weighted by atomic mass is 16.6. The number of ether oxygens (including phenoxy) is 3. The summed E-state index contributed by atoms with van der Waals surface area (Å²) in [5, 5.41) is 0. The predicted molar refractivity (Wildman–Crippen MR) is 288 cm³/mol. The molecule has 0 bridgehead atoms. The number of carbonyl (C=O) groups excluding carboxylic acids is 3. The monoisotopic (exact) mass is 923 g/mol. The van der Waals surface area contributed by atoms with Crippen LogP contribution >= 0.6 is 0 Å². The third kappa shape index (κ3) is 52.1. The summed E-state index contributed by atoms with van der Waals surface area (Å²) in [6.07, 6.45) is 76.8. The van der Waals surface area contributed by atoms with Gasteiger partial charge in [0.2, 0.25) is 0 Å². The van der Waals surface area contributed by atoms with Crippen LogP contribution in [0.4, 0.5) is 0 Å². The molecule has 0 radical (unpaired) electrons. The van der Waals surface area contributed by atoms with Crippen molar-refractivity contribution in [3.63, 3.8) is 0 Å². The topological polar surface area (TPSA) is 78.9 Å². The van der Waals surface area contributed by atoms with E-state index >= 15 is 0 Å². The van der Waals surface area contributed by atoms with Crippen LogP contribution in [0.15, 0.2) is 146 Å². The molecule has 0 rings (SSSR count). The van der Waals surface area contributed by atoms with Crippen molar-refractivity contribution in [2.24, 2.45) is 0 Å². The second kappa shape index (κ2) is 53.9. The number of rotatable bonds is 45. The Bertz CT molecular complexity index is 1530. The maximum absolute atomic E-state index is 12.8. The van der Waals surface area contributed by atoms with E-state index in [-0.39, 0.29) is 37.5 Å². The van der Waals surface area contributed by atoms with E-state index in [1.54, 1.807) is 0 Å². The molecule has 0 aromatic rings. The first kappa shape index (κ1) is 62.3. The Morgan fingerprint density at radius 2 is 0.642 bits per heavy atom. The lowest BCUT2D eigenvalue weighted by Gasteiger charge is -2.18. The molecule has 0 saturated carbocycles. The number of hydrogen-bond acceptors (Lipinski definition) is 6. The summed E-state index contributed by atoms with van der Waals surface area (Å²) in [7, 11) is 0. The first-order chi connectivity index (χ1) is 33.0. The van der Waals surface area contributed by atoms with Crippen LogP contribution in [0.1, 0.15) is 201 Å². The first-order valence-electron chi connectivity index (χ1n) is 26.4. The van der Waals surface area contributed by atoms with Gasteiger partial charge in [0.15, 0.2) is 6.10 Å². The van der Waals surface area contributed by atoms with Gasteiger partial charge in [-0.15, -0.1) is 0 Å². The molecule has 0 amide bonds. The Kier molecular flexibility index (Phi) is 50.1. The molecule has 0 saturated heterocycles. The molecule has 0 aromatic carbocycles. The van der Waals surface area contributed by atoms with Gasteiger partial charge in [0, 0.05) is 19.3 Å².